The summed E-state index contributed by atoms with van der Waals surface area (Å²) in [4.78, 5) is 4.97. The summed E-state index contributed by atoms with van der Waals surface area (Å²) >= 11 is 0. The van der Waals surface area contributed by atoms with Crippen molar-refractivity contribution in [2.45, 2.75) is 25.9 Å². The molecule has 2 unspecified atom stereocenters. The number of anilines is 1. The van der Waals surface area contributed by atoms with Crippen LogP contribution in [0, 0.1) is 5.92 Å². The molecule has 1 fully saturated rings. The number of benzene rings is 1. The van der Waals surface area contributed by atoms with Gasteiger partial charge in [0.1, 0.15) is 0 Å². The number of likely N-dealkylation sites (N-methyl/N-ethyl adjacent to an activating group) is 1. The van der Waals surface area contributed by atoms with Crippen LogP contribution in [0.4, 0.5) is 5.69 Å². The van der Waals surface area contributed by atoms with Crippen LogP contribution in [0.15, 0.2) is 18.2 Å². The number of hydrogen-bond donors (Lipinski definition) is 1. The third-order valence-electron chi connectivity index (χ3n) is 4.69. The molecule has 3 nitrogen and oxygen atoms in total. The standard InChI is InChI=1S/C16H25N3/c1-12-10-19(11-16(12)18(2)3)15-6-4-5-13-9-17-8-7-14(13)15/h4-6,12,16-17H,7-11H2,1-3H3. The molecule has 0 aliphatic carbocycles. The number of nitrogens with one attached hydrogen (secondary N) is 1. The SMILES string of the molecule is CC1CN(c2cccc3c2CCNC3)CC1N(C)C. The summed E-state index contributed by atoms with van der Waals surface area (Å²) in [5.41, 5.74) is 4.55. The molecule has 2 atom stereocenters. The fourth-order valence-corrected chi connectivity index (χ4v) is 3.63. The van der Waals surface area contributed by atoms with Crippen molar-refractivity contribution in [2.75, 3.05) is 38.6 Å². The second-order valence-corrected chi connectivity index (χ2v) is 6.25. The van der Waals surface area contributed by atoms with Gasteiger partial charge in [0, 0.05) is 31.4 Å². The van der Waals surface area contributed by atoms with Crippen molar-refractivity contribution in [3.8, 4) is 0 Å². The first-order chi connectivity index (χ1) is 9.16. The molecule has 2 aliphatic heterocycles. The molecule has 3 rings (SSSR count). The van der Waals surface area contributed by atoms with Gasteiger partial charge in [0.05, 0.1) is 0 Å². The van der Waals surface area contributed by atoms with E-state index in [1.807, 2.05) is 0 Å². The molecule has 2 aliphatic rings. The van der Waals surface area contributed by atoms with E-state index in [9.17, 15) is 0 Å². The first kappa shape index (κ1) is 12.9. The minimum absolute atomic E-state index is 0.678. The van der Waals surface area contributed by atoms with Gasteiger partial charge < -0.3 is 15.1 Å². The molecule has 1 saturated heterocycles. The minimum Gasteiger partial charge on any atom is -0.369 e. The molecule has 19 heavy (non-hydrogen) atoms. The van der Waals surface area contributed by atoms with Gasteiger partial charge in [-0.05, 0) is 50.2 Å². The van der Waals surface area contributed by atoms with E-state index in [2.05, 4.69) is 54.3 Å². The largest absolute Gasteiger partial charge is 0.369 e. The molecule has 0 aromatic heterocycles. The van der Waals surface area contributed by atoms with Crippen molar-refractivity contribution >= 4 is 5.69 Å². The molecule has 1 aromatic carbocycles. The van der Waals surface area contributed by atoms with Gasteiger partial charge in [-0.1, -0.05) is 19.1 Å². The highest BCUT2D eigenvalue weighted by Crippen LogP contribution is 2.31. The average Bonchev–Trinajstić information content (AvgIpc) is 2.80. The highest BCUT2D eigenvalue weighted by molar-refractivity contribution is 5.58. The number of nitrogens with zero attached hydrogens (tertiary/aromatic N) is 2. The Hall–Kier alpha value is -1.06. The number of fused-ring (bicyclic) bond motifs is 1. The van der Waals surface area contributed by atoms with E-state index in [4.69, 9.17) is 0 Å². The Labute approximate surface area is 116 Å². The van der Waals surface area contributed by atoms with E-state index in [1.165, 1.54) is 24.2 Å². The van der Waals surface area contributed by atoms with E-state index >= 15 is 0 Å². The third kappa shape index (κ3) is 2.37. The molecule has 1 N–H and O–H groups in total. The van der Waals surface area contributed by atoms with E-state index in [-0.39, 0.29) is 0 Å². The maximum absolute atomic E-state index is 3.47. The van der Waals surface area contributed by atoms with Gasteiger partial charge in [-0.2, -0.15) is 0 Å². The van der Waals surface area contributed by atoms with Crippen LogP contribution in [0.2, 0.25) is 0 Å². The molecule has 0 spiro atoms. The van der Waals surface area contributed by atoms with Gasteiger partial charge in [-0.3, -0.25) is 0 Å². The van der Waals surface area contributed by atoms with Crippen LogP contribution >= 0.6 is 0 Å². The van der Waals surface area contributed by atoms with E-state index in [0.29, 0.717) is 6.04 Å². The van der Waals surface area contributed by atoms with Gasteiger partial charge in [0.25, 0.3) is 0 Å². The summed E-state index contributed by atoms with van der Waals surface area (Å²) in [5.74, 6) is 0.743. The maximum atomic E-state index is 3.47. The van der Waals surface area contributed by atoms with Crippen LogP contribution in [0.25, 0.3) is 0 Å². The molecule has 0 bridgehead atoms. The number of hydrogen-bond acceptors (Lipinski definition) is 3. The lowest BCUT2D eigenvalue weighted by Gasteiger charge is -2.27. The van der Waals surface area contributed by atoms with Crippen LogP contribution in [-0.4, -0.2) is 44.7 Å². The fraction of sp³-hybridized carbons (Fsp3) is 0.625. The fourth-order valence-electron chi connectivity index (χ4n) is 3.63. The third-order valence-corrected chi connectivity index (χ3v) is 4.69. The molecule has 0 radical (unpaired) electrons. The van der Waals surface area contributed by atoms with E-state index in [0.717, 1.165) is 25.6 Å². The maximum Gasteiger partial charge on any atom is 0.0403 e. The van der Waals surface area contributed by atoms with Gasteiger partial charge in [-0.25, -0.2) is 0 Å². The normalized spacial score (nSPS) is 26.8. The van der Waals surface area contributed by atoms with Crippen molar-refractivity contribution in [1.82, 2.24) is 10.2 Å². The van der Waals surface area contributed by atoms with Crippen molar-refractivity contribution in [3.63, 3.8) is 0 Å². The molecule has 0 saturated carbocycles. The summed E-state index contributed by atoms with van der Waals surface area (Å²) in [5, 5.41) is 3.47. The van der Waals surface area contributed by atoms with Gasteiger partial charge in [-0.15, -0.1) is 0 Å². The average molecular weight is 259 g/mol. The van der Waals surface area contributed by atoms with E-state index in [1.54, 1.807) is 5.56 Å². The predicted octanol–water partition coefficient (Wildman–Crippen LogP) is 1.72. The topological polar surface area (TPSA) is 18.5 Å². The van der Waals surface area contributed by atoms with Crippen molar-refractivity contribution in [2.24, 2.45) is 5.92 Å². The Kier molecular flexibility index (Phi) is 3.50. The van der Waals surface area contributed by atoms with Crippen molar-refractivity contribution in [1.29, 1.82) is 0 Å². The summed E-state index contributed by atoms with van der Waals surface area (Å²) in [6.07, 6.45) is 1.17. The second kappa shape index (κ2) is 5.14. The molecule has 3 heteroatoms. The van der Waals surface area contributed by atoms with Gasteiger partial charge in [0.15, 0.2) is 0 Å². The summed E-state index contributed by atoms with van der Waals surface area (Å²) in [7, 11) is 4.41. The highest BCUT2D eigenvalue weighted by atomic mass is 15.2. The zero-order valence-electron chi connectivity index (χ0n) is 12.3. The molecule has 1 aromatic rings. The lowest BCUT2D eigenvalue weighted by atomic mass is 9.98. The Morgan fingerprint density at radius 3 is 2.84 bits per heavy atom. The first-order valence-electron chi connectivity index (χ1n) is 7.39. The number of rotatable bonds is 2. The molecular formula is C16H25N3. The summed E-state index contributed by atoms with van der Waals surface area (Å²) < 4.78 is 0. The Morgan fingerprint density at radius 2 is 2.11 bits per heavy atom. The van der Waals surface area contributed by atoms with Crippen LogP contribution in [0.1, 0.15) is 18.1 Å². The van der Waals surface area contributed by atoms with Crippen LogP contribution < -0.4 is 10.2 Å². The summed E-state index contributed by atoms with van der Waals surface area (Å²) in [6.45, 7) is 6.88. The van der Waals surface area contributed by atoms with Crippen molar-refractivity contribution < 1.29 is 0 Å². The minimum atomic E-state index is 0.678. The van der Waals surface area contributed by atoms with Crippen LogP contribution in [0.3, 0.4) is 0 Å². The zero-order chi connectivity index (χ0) is 13.4. The van der Waals surface area contributed by atoms with E-state index < -0.39 is 0 Å². The van der Waals surface area contributed by atoms with Crippen molar-refractivity contribution in [3.05, 3.63) is 29.3 Å². The van der Waals surface area contributed by atoms with Crippen LogP contribution in [-0.2, 0) is 13.0 Å². The van der Waals surface area contributed by atoms with Crippen LogP contribution in [0.5, 0.6) is 0 Å². The Bertz CT molecular complexity index is 455. The lowest BCUT2D eigenvalue weighted by molar-refractivity contribution is 0.266. The Balaban J connectivity index is 1.87. The quantitative estimate of drug-likeness (QED) is 0.872. The van der Waals surface area contributed by atoms with Gasteiger partial charge in [0.2, 0.25) is 0 Å². The zero-order valence-corrected chi connectivity index (χ0v) is 12.3. The summed E-state index contributed by atoms with van der Waals surface area (Å²) in [6, 6.07) is 7.48. The molecule has 104 valence electrons. The highest BCUT2D eigenvalue weighted by Gasteiger charge is 2.32. The molecule has 2 heterocycles. The monoisotopic (exact) mass is 259 g/mol. The second-order valence-electron chi connectivity index (χ2n) is 6.25. The Morgan fingerprint density at radius 1 is 1.26 bits per heavy atom. The first-order valence-corrected chi connectivity index (χ1v) is 7.39. The lowest BCUT2D eigenvalue weighted by Crippen LogP contribution is -2.34. The molecular weight excluding hydrogens is 234 g/mol. The smallest absolute Gasteiger partial charge is 0.0403 e. The van der Waals surface area contributed by atoms with Gasteiger partial charge >= 0.3 is 0 Å². The molecule has 0 amide bonds. The predicted molar refractivity (Wildman–Crippen MR) is 80.7 cm³/mol.